The van der Waals surface area contributed by atoms with Gasteiger partial charge in [-0.25, -0.2) is 4.57 Å². The number of aliphatic hydroxyl groups is 1. The first kappa shape index (κ1) is 50.2. The molecule has 3 N–H and O–H groups in total. The van der Waals surface area contributed by atoms with E-state index in [2.05, 4.69) is 104 Å². The highest BCUT2D eigenvalue weighted by molar-refractivity contribution is 7.47. The summed E-state index contributed by atoms with van der Waals surface area (Å²) < 4.78 is 26.8. The number of hydrogen-bond donors (Lipinski definition) is 3. The van der Waals surface area contributed by atoms with E-state index >= 15 is 0 Å². The number of esters is 1. The number of ether oxygens (including phenoxy) is 1. The minimum Gasteiger partial charge on any atom is -0.463 e. The first-order valence-corrected chi connectivity index (χ1v) is 21.6. The summed E-state index contributed by atoms with van der Waals surface area (Å²) in [7, 11) is -4.43. The Labute approximate surface area is 322 Å². The van der Waals surface area contributed by atoms with Crippen LogP contribution in [0, 0.1) is 0 Å². The number of amides is 1. The predicted octanol–water partition coefficient (Wildman–Crippen LogP) is 10.9. The van der Waals surface area contributed by atoms with E-state index < -0.39 is 26.5 Å². The fraction of sp³-hybridized carbons (Fsp3) is 0.628. The van der Waals surface area contributed by atoms with Gasteiger partial charge < -0.3 is 20.1 Å². The van der Waals surface area contributed by atoms with Crippen LogP contribution in [0.4, 0.5) is 0 Å². The predicted molar refractivity (Wildman–Crippen MR) is 219 cm³/mol. The number of phosphoric ester groups is 1. The topological polar surface area (TPSA) is 131 Å². The molecule has 0 bridgehead atoms. The maximum Gasteiger partial charge on any atom is 0.472 e. The molecule has 53 heavy (non-hydrogen) atoms. The molecule has 2 unspecified atom stereocenters. The molecule has 0 saturated heterocycles. The van der Waals surface area contributed by atoms with Gasteiger partial charge in [-0.05, 0) is 83.5 Å². The third-order valence-corrected chi connectivity index (χ3v) is 8.80. The summed E-state index contributed by atoms with van der Waals surface area (Å²) in [5.41, 5.74) is 0. The number of nitrogens with one attached hydrogen (secondary N) is 1. The van der Waals surface area contributed by atoms with Crippen LogP contribution in [0.2, 0.25) is 0 Å². The van der Waals surface area contributed by atoms with Crippen molar-refractivity contribution in [2.75, 3.05) is 26.4 Å². The van der Waals surface area contributed by atoms with Gasteiger partial charge >= 0.3 is 13.8 Å². The number of aliphatic hydroxyl groups excluding tert-OH is 1. The summed E-state index contributed by atoms with van der Waals surface area (Å²) in [6.07, 6.45) is 48.0. The van der Waals surface area contributed by atoms with Gasteiger partial charge in [0.25, 0.3) is 0 Å². The highest BCUT2D eigenvalue weighted by Crippen LogP contribution is 2.42. The van der Waals surface area contributed by atoms with Gasteiger partial charge in [0.15, 0.2) is 0 Å². The van der Waals surface area contributed by atoms with Crippen molar-refractivity contribution in [2.24, 2.45) is 0 Å². The second-order valence-electron chi connectivity index (χ2n) is 12.8. The molecular formula is C43H72NO8P. The maximum atomic E-state index is 12.1. The third kappa shape index (κ3) is 40.2. The molecule has 0 fully saturated rings. The summed E-state index contributed by atoms with van der Waals surface area (Å²) in [6, 6.07) is 0. The Morgan fingerprint density at radius 2 is 1.02 bits per heavy atom. The summed E-state index contributed by atoms with van der Waals surface area (Å²) >= 11 is 0. The Morgan fingerprint density at radius 1 is 0.585 bits per heavy atom. The van der Waals surface area contributed by atoms with Gasteiger partial charge in [-0.1, -0.05) is 131 Å². The van der Waals surface area contributed by atoms with E-state index in [4.69, 9.17) is 13.8 Å². The van der Waals surface area contributed by atoms with Gasteiger partial charge in [0.05, 0.1) is 13.2 Å². The largest absolute Gasteiger partial charge is 0.472 e. The van der Waals surface area contributed by atoms with Crippen LogP contribution in [0.1, 0.15) is 142 Å². The Bertz CT molecular complexity index is 1140. The highest BCUT2D eigenvalue weighted by atomic mass is 31.2. The highest BCUT2D eigenvalue weighted by Gasteiger charge is 2.23. The molecule has 0 radical (unpaired) electrons. The van der Waals surface area contributed by atoms with E-state index in [-0.39, 0.29) is 32.1 Å². The summed E-state index contributed by atoms with van der Waals surface area (Å²) in [5, 5.41) is 12.7. The SMILES string of the molecule is CC/C=C\C/C=C\C/C=C\C/C=C\CCCCC(=O)OCC(O)COP(=O)(O)OCCNC(=O)CCCCCCCCC/C=C\C/C=C\C/C=C\CC. The van der Waals surface area contributed by atoms with Gasteiger partial charge in [0.2, 0.25) is 5.91 Å². The molecule has 0 aromatic heterocycles. The number of carbonyl (C=O) groups excluding carboxylic acids is 2. The van der Waals surface area contributed by atoms with Crippen molar-refractivity contribution in [1.82, 2.24) is 5.32 Å². The van der Waals surface area contributed by atoms with Crippen LogP contribution < -0.4 is 5.32 Å². The van der Waals surface area contributed by atoms with Crippen LogP contribution in [-0.2, 0) is 27.9 Å². The van der Waals surface area contributed by atoms with Crippen molar-refractivity contribution in [1.29, 1.82) is 0 Å². The number of rotatable bonds is 36. The fourth-order valence-electron chi connectivity index (χ4n) is 4.85. The fourth-order valence-corrected chi connectivity index (χ4v) is 5.61. The van der Waals surface area contributed by atoms with Crippen molar-refractivity contribution in [3.05, 3.63) is 85.1 Å². The minimum absolute atomic E-state index is 0.0657. The zero-order valence-corrected chi connectivity index (χ0v) is 33.8. The summed E-state index contributed by atoms with van der Waals surface area (Å²) in [6.45, 7) is 3.24. The lowest BCUT2D eigenvalue weighted by molar-refractivity contribution is -0.147. The monoisotopic (exact) mass is 761 g/mol. The van der Waals surface area contributed by atoms with Gasteiger partial charge in [0.1, 0.15) is 12.7 Å². The van der Waals surface area contributed by atoms with Gasteiger partial charge in [-0.2, -0.15) is 0 Å². The molecule has 0 rings (SSSR count). The first-order chi connectivity index (χ1) is 25.8. The van der Waals surface area contributed by atoms with Crippen molar-refractivity contribution >= 4 is 19.7 Å². The van der Waals surface area contributed by atoms with E-state index in [0.29, 0.717) is 12.8 Å². The standard InChI is InChI=1S/C43H72NO8P/c1-3-5-7-9-11-13-15-17-19-20-22-23-25-27-29-31-33-35-42(46)44-37-38-51-53(48,49)52-40-41(45)39-50-43(47)36-34-32-30-28-26-24-21-18-16-14-12-10-8-6-4-2/h5-8,11-14,17-19,21,26,28,41,45H,3-4,9-10,15-16,20,22-25,27,29-40H2,1-2H3,(H,44,46)(H,48,49)/b7-5-,8-6-,13-11-,14-12-,19-17-,21-18-,28-26-. The van der Waals surface area contributed by atoms with E-state index in [1.54, 1.807) is 0 Å². The second kappa shape index (κ2) is 38.9. The lowest BCUT2D eigenvalue weighted by atomic mass is 10.1. The molecule has 0 saturated carbocycles. The molecule has 0 aliphatic carbocycles. The van der Waals surface area contributed by atoms with Crippen LogP contribution in [0.5, 0.6) is 0 Å². The van der Waals surface area contributed by atoms with Crippen LogP contribution in [-0.4, -0.2) is 54.3 Å². The number of phosphoric acid groups is 1. The zero-order chi connectivity index (χ0) is 38.9. The molecular weight excluding hydrogens is 689 g/mol. The normalized spacial score (nSPS) is 14.3. The van der Waals surface area contributed by atoms with Gasteiger partial charge in [-0.3, -0.25) is 18.6 Å². The summed E-state index contributed by atoms with van der Waals surface area (Å²) in [5.74, 6) is -0.577. The van der Waals surface area contributed by atoms with Crippen molar-refractivity contribution < 1.29 is 37.9 Å². The number of hydrogen-bond acceptors (Lipinski definition) is 7. The number of carbonyl (C=O) groups is 2. The van der Waals surface area contributed by atoms with Crippen molar-refractivity contribution in [3.63, 3.8) is 0 Å². The average Bonchev–Trinajstić information content (AvgIpc) is 3.14. The van der Waals surface area contributed by atoms with E-state index in [1.807, 2.05) is 0 Å². The maximum absolute atomic E-state index is 12.1. The molecule has 0 spiro atoms. The summed E-state index contributed by atoms with van der Waals surface area (Å²) in [4.78, 5) is 33.8. The number of allylic oxidation sites excluding steroid dienone is 14. The lowest BCUT2D eigenvalue weighted by Crippen LogP contribution is -2.27. The molecule has 0 aromatic rings. The van der Waals surface area contributed by atoms with Crippen LogP contribution in [0.15, 0.2) is 85.1 Å². The molecule has 2 atom stereocenters. The van der Waals surface area contributed by atoms with Gasteiger partial charge in [0, 0.05) is 19.4 Å². The van der Waals surface area contributed by atoms with E-state index in [9.17, 15) is 24.2 Å². The van der Waals surface area contributed by atoms with E-state index in [0.717, 1.165) is 83.5 Å². The molecule has 0 aliphatic heterocycles. The lowest BCUT2D eigenvalue weighted by Gasteiger charge is -2.15. The second-order valence-corrected chi connectivity index (χ2v) is 14.3. The Morgan fingerprint density at radius 3 is 1.55 bits per heavy atom. The molecule has 1 amide bonds. The Hall–Kier alpha value is -2.81. The minimum atomic E-state index is -4.43. The molecule has 0 aromatic carbocycles. The molecule has 0 heterocycles. The Balaban J connectivity index is 3.70. The first-order valence-electron chi connectivity index (χ1n) is 20.1. The molecule has 9 nitrogen and oxygen atoms in total. The smallest absolute Gasteiger partial charge is 0.463 e. The Kier molecular flexibility index (Phi) is 36.8. The molecule has 0 aliphatic rings. The molecule has 302 valence electrons. The quantitative estimate of drug-likeness (QED) is 0.0249. The van der Waals surface area contributed by atoms with Crippen molar-refractivity contribution in [3.8, 4) is 0 Å². The molecule has 10 heteroatoms. The van der Waals surface area contributed by atoms with Crippen molar-refractivity contribution in [2.45, 2.75) is 148 Å². The van der Waals surface area contributed by atoms with Gasteiger partial charge in [-0.15, -0.1) is 0 Å². The van der Waals surface area contributed by atoms with E-state index in [1.165, 1.54) is 25.7 Å². The third-order valence-electron chi connectivity index (χ3n) is 7.82. The number of unbranched alkanes of at least 4 members (excludes halogenated alkanes) is 9. The van der Waals surface area contributed by atoms with Crippen LogP contribution >= 0.6 is 7.82 Å². The van der Waals surface area contributed by atoms with Crippen LogP contribution in [0.3, 0.4) is 0 Å². The van der Waals surface area contributed by atoms with Crippen LogP contribution in [0.25, 0.3) is 0 Å². The average molecular weight is 762 g/mol. The zero-order valence-electron chi connectivity index (χ0n) is 32.9.